The van der Waals surface area contributed by atoms with Crippen molar-refractivity contribution < 1.29 is 9.13 Å². The molecule has 1 heterocycles. The highest BCUT2D eigenvalue weighted by Crippen LogP contribution is 2.35. The fourth-order valence-corrected chi connectivity index (χ4v) is 3.25. The molecule has 6 heteroatoms. The Morgan fingerprint density at radius 1 is 1.03 bits per heavy atom. The van der Waals surface area contributed by atoms with Crippen LogP contribution in [0.5, 0.6) is 5.75 Å². The third-order valence-electron chi connectivity index (χ3n) is 4.74. The number of hydrogen-bond acceptors (Lipinski definition) is 5. The van der Waals surface area contributed by atoms with E-state index in [1.54, 1.807) is 12.3 Å². The molecule has 0 unspecified atom stereocenters. The van der Waals surface area contributed by atoms with Gasteiger partial charge in [0.05, 0.1) is 11.6 Å². The molecule has 0 spiro atoms. The Bertz CT molecular complexity index is 1220. The van der Waals surface area contributed by atoms with Gasteiger partial charge in [0.2, 0.25) is 5.95 Å². The summed E-state index contributed by atoms with van der Waals surface area (Å²) in [5.41, 5.74) is 10.9. The lowest BCUT2D eigenvalue weighted by Gasteiger charge is -2.16. The smallest absolute Gasteiger partial charge is 0.227 e. The highest BCUT2D eigenvalue weighted by Gasteiger charge is 2.14. The van der Waals surface area contributed by atoms with E-state index in [9.17, 15) is 4.39 Å². The number of ether oxygens (including phenoxy) is 1. The molecule has 0 aliphatic heterocycles. The van der Waals surface area contributed by atoms with Crippen molar-refractivity contribution in [2.24, 2.45) is 0 Å². The van der Waals surface area contributed by atoms with Crippen LogP contribution in [0.25, 0.3) is 22.0 Å². The molecule has 3 N–H and O–H groups in total. The second kappa shape index (κ2) is 7.99. The average Bonchev–Trinajstić information content (AvgIpc) is 2.70. The summed E-state index contributed by atoms with van der Waals surface area (Å²) in [6.45, 7) is 5.78. The third kappa shape index (κ3) is 4.03. The Morgan fingerprint density at radius 3 is 2.63 bits per heavy atom. The first-order chi connectivity index (χ1) is 14.4. The highest BCUT2D eigenvalue weighted by molar-refractivity contribution is 5.95. The third-order valence-corrected chi connectivity index (χ3v) is 4.74. The van der Waals surface area contributed by atoms with Gasteiger partial charge in [-0.15, -0.1) is 0 Å². The Kier molecular flexibility index (Phi) is 5.23. The van der Waals surface area contributed by atoms with E-state index in [-0.39, 0.29) is 11.9 Å². The van der Waals surface area contributed by atoms with Crippen molar-refractivity contribution in [3.8, 4) is 16.9 Å². The number of nitrogens with zero attached hydrogens (tertiary/aromatic N) is 2. The van der Waals surface area contributed by atoms with Gasteiger partial charge in [0.15, 0.2) is 0 Å². The van der Waals surface area contributed by atoms with Crippen molar-refractivity contribution in [1.82, 2.24) is 9.97 Å². The number of aryl methyl sites for hydroxylation is 1. The number of anilines is 3. The lowest BCUT2D eigenvalue weighted by Crippen LogP contribution is -2.07. The van der Waals surface area contributed by atoms with Crippen LogP contribution >= 0.6 is 0 Å². The molecule has 0 saturated heterocycles. The number of fused-ring (bicyclic) bond motifs is 1. The summed E-state index contributed by atoms with van der Waals surface area (Å²) in [6, 6.07) is 16.1. The van der Waals surface area contributed by atoms with Crippen LogP contribution in [0.15, 0.2) is 60.8 Å². The van der Waals surface area contributed by atoms with Crippen LogP contribution in [0.2, 0.25) is 0 Å². The minimum Gasteiger partial charge on any atom is -0.490 e. The van der Waals surface area contributed by atoms with Gasteiger partial charge in [0.25, 0.3) is 0 Å². The van der Waals surface area contributed by atoms with Crippen molar-refractivity contribution >= 4 is 28.2 Å². The van der Waals surface area contributed by atoms with Crippen molar-refractivity contribution in [3.05, 3.63) is 72.2 Å². The second-order valence-electron chi connectivity index (χ2n) is 7.44. The summed E-state index contributed by atoms with van der Waals surface area (Å²) in [7, 11) is 0. The number of halogens is 1. The largest absolute Gasteiger partial charge is 0.490 e. The zero-order valence-electron chi connectivity index (χ0n) is 17.1. The quantitative estimate of drug-likeness (QED) is 0.409. The second-order valence-corrected chi connectivity index (χ2v) is 7.44. The van der Waals surface area contributed by atoms with Crippen LogP contribution < -0.4 is 15.8 Å². The zero-order chi connectivity index (χ0) is 21.3. The molecule has 0 radical (unpaired) electrons. The summed E-state index contributed by atoms with van der Waals surface area (Å²) in [4.78, 5) is 9.15. The Morgan fingerprint density at radius 2 is 1.87 bits per heavy atom. The van der Waals surface area contributed by atoms with Crippen LogP contribution in [0, 0.1) is 12.7 Å². The van der Waals surface area contributed by atoms with Crippen molar-refractivity contribution in [2.75, 3.05) is 11.1 Å². The fraction of sp³-hybridized carbons (Fsp3) is 0.167. The Hall–Kier alpha value is -3.67. The average molecular weight is 402 g/mol. The number of hydrogen-bond donors (Lipinski definition) is 2. The summed E-state index contributed by atoms with van der Waals surface area (Å²) in [5.74, 6) is 0.590. The maximum Gasteiger partial charge on any atom is 0.227 e. The van der Waals surface area contributed by atoms with Gasteiger partial charge in [-0.25, -0.2) is 14.4 Å². The molecule has 0 amide bonds. The number of nitrogen functional groups attached to an aromatic ring is 1. The monoisotopic (exact) mass is 402 g/mol. The van der Waals surface area contributed by atoms with Crippen molar-refractivity contribution in [3.63, 3.8) is 0 Å². The molecule has 152 valence electrons. The first-order valence-electron chi connectivity index (χ1n) is 9.76. The lowest BCUT2D eigenvalue weighted by molar-refractivity contribution is 0.242. The maximum absolute atomic E-state index is 13.9. The molecule has 0 aliphatic rings. The first-order valence-corrected chi connectivity index (χ1v) is 9.76. The standard InChI is InChI=1S/C24H23FN4O/c1-14(2)30-22-11-17(25)8-10-19(22)20-6-4-5-16-13-27-24(29-23(16)20)28-18-9-7-15(3)21(26)12-18/h4-14H,26H2,1-3H3,(H,27,28,29). The number of nitrogens with two attached hydrogens (primary N) is 1. The molecular weight excluding hydrogens is 379 g/mol. The topological polar surface area (TPSA) is 73.1 Å². The van der Waals surface area contributed by atoms with Crippen LogP contribution in [0.4, 0.5) is 21.7 Å². The summed E-state index contributed by atoms with van der Waals surface area (Å²) >= 11 is 0. The van der Waals surface area contributed by atoms with Gasteiger partial charge in [-0.2, -0.15) is 0 Å². The Balaban J connectivity index is 1.80. The first kappa shape index (κ1) is 19.6. The molecular formula is C24H23FN4O. The van der Waals surface area contributed by atoms with E-state index in [2.05, 4.69) is 10.3 Å². The molecule has 3 aromatic carbocycles. The van der Waals surface area contributed by atoms with Crippen LogP contribution in [0.3, 0.4) is 0 Å². The van der Waals surface area contributed by atoms with Crippen LogP contribution in [-0.4, -0.2) is 16.1 Å². The van der Waals surface area contributed by atoms with E-state index in [1.807, 2.05) is 57.2 Å². The molecule has 0 bridgehead atoms. The number of aromatic nitrogens is 2. The predicted octanol–water partition coefficient (Wildman–Crippen LogP) is 5.86. The van der Waals surface area contributed by atoms with E-state index < -0.39 is 0 Å². The summed E-state index contributed by atoms with van der Waals surface area (Å²) < 4.78 is 19.7. The van der Waals surface area contributed by atoms with Crippen LogP contribution in [0.1, 0.15) is 19.4 Å². The van der Waals surface area contributed by atoms with Crippen molar-refractivity contribution in [1.29, 1.82) is 0 Å². The Labute approximate surface area is 174 Å². The van der Waals surface area contributed by atoms with Crippen LogP contribution in [-0.2, 0) is 0 Å². The van der Waals surface area contributed by atoms with E-state index in [1.165, 1.54) is 12.1 Å². The van der Waals surface area contributed by atoms with Gasteiger partial charge in [-0.05, 0) is 50.6 Å². The fourth-order valence-electron chi connectivity index (χ4n) is 3.25. The number of rotatable bonds is 5. The highest BCUT2D eigenvalue weighted by atomic mass is 19.1. The molecule has 0 atom stereocenters. The van der Waals surface area contributed by atoms with Gasteiger partial charge in [0, 0.05) is 40.2 Å². The van der Waals surface area contributed by atoms with E-state index >= 15 is 0 Å². The molecule has 4 rings (SSSR count). The van der Waals surface area contributed by atoms with E-state index in [4.69, 9.17) is 15.5 Å². The van der Waals surface area contributed by atoms with Gasteiger partial charge >= 0.3 is 0 Å². The van der Waals surface area contributed by atoms with Gasteiger partial charge in [0.1, 0.15) is 11.6 Å². The molecule has 0 aliphatic carbocycles. The minimum atomic E-state index is -0.344. The van der Waals surface area contributed by atoms with E-state index in [0.717, 1.165) is 33.3 Å². The SMILES string of the molecule is Cc1ccc(Nc2ncc3cccc(-c4ccc(F)cc4OC(C)C)c3n2)cc1N. The number of nitrogens with one attached hydrogen (secondary N) is 1. The van der Waals surface area contributed by atoms with E-state index in [0.29, 0.717) is 17.4 Å². The van der Waals surface area contributed by atoms with Gasteiger partial charge in [-0.3, -0.25) is 0 Å². The molecule has 4 aromatic rings. The molecule has 0 saturated carbocycles. The molecule has 1 aromatic heterocycles. The lowest BCUT2D eigenvalue weighted by atomic mass is 10.0. The summed E-state index contributed by atoms with van der Waals surface area (Å²) in [6.07, 6.45) is 1.68. The maximum atomic E-state index is 13.9. The molecule has 5 nitrogen and oxygen atoms in total. The molecule has 30 heavy (non-hydrogen) atoms. The zero-order valence-corrected chi connectivity index (χ0v) is 17.1. The molecule has 0 fully saturated rings. The normalized spacial score (nSPS) is 11.1. The number of benzene rings is 3. The van der Waals surface area contributed by atoms with Gasteiger partial charge < -0.3 is 15.8 Å². The summed E-state index contributed by atoms with van der Waals surface area (Å²) in [5, 5.41) is 4.08. The van der Waals surface area contributed by atoms with Crippen molar-refractivity contribution in [2.45, 2.75) is 26.9 Å². The predicted molar refractivity (Wildman–Crippen MR) is 120 cm³/mol. The minimum absolute atomic E-state index is 0.0839. The number of para-hydroxylation sites is 1. The van der Waals surface area contributed by atoms with Gasteiger partial charge in [-0.1, -0.05) is 24.3 Å².